The fourth-order valence-corrected chi connectivity index (χ4v) is 3.56. The number of esters is 2. The lowest BCUT2D eigenvalue weighted by atomic mass is 9.98. The molecule has 1 heterocycles. The van der Waals surface area contributed by atoms with Crippen LogP contribution in [-0.2, 0) is 28.6 Å². The van der Waals surface area contributed by atoms with Gasteiger partial charge in [0.25, 0.3) is 0 Å². The maximum Gasteiger partial charge on any atom is 0.407 e. The lowest BCUT2D eigenvalue weighted by molar-refractivity contribution is -0.172. The number of hydrogen-bond donors (Lipinski definition) is 3. The van der Waals surface area contributed by atoms with Gasteiger partial charge in [-0.05, 0) is 24.3 Å². The molecule has 3 N–H and O–H groups in total. The van der Waals surface area contributed by atoms with E-state index in [0.29, 0.717) is 11.4 Å². The molecule has 38 heavy (non-hydrogen) atoms. The van der Waals surface area contributed by atoms with E-state index >= 15 is 0 Å². The number of benzene rings is 2. The van der Waals surface area contributed by atoms with Crippen molar-refractivity contribution in [2.24, 2.45) is 15.3 Å². The van der Waals surface area contributed by atoms with E-state index in [-0.39, 0.29) is 12.4 Å². The smallest absolute Gasteiger partial charge is 0.407 e. The lowest BCUT2D eigenvalue weighted by Crippen LogP contribution is -2.62. The molecule has 1 aliphatic rings. The first-order chi connectivity index (χ1) is 18.2. The zero-order chi connectivity index (χ0) is 27.5. The number of nitrogens with zero attached hydrogens (tertiary/aromatic N) is 3. The van der Waals surface area contributed by atoms with Gasteiger partial charge in [-0.2, -0.15) is 5.10 Å². The number of ether oxygens (including phenoxy) is 3. The number of para-hydroxylation sites is 1. The van der Waals surface area contributed by atoms with Crippen molar-refractivity contribution in [1.29, 1.82) is 0 Å². The summed E-state index contributed by atoms with van der Waals surface area (Å²) in [6.45, 7) is 3.46. The third-order valence-electron chi connectivity index (χ3n) is 5.06. The number of anilines is 1. The van der Waals surface area contributed by atoms with Crippen LogP contribution in [0.4, 0.5) is 16.2 Å². The van der Waals surface area contributed by atoms with Gasteiger partial charge in [-0.15, -0.1) is 10.2 Å². The second-order valence-corrected chi connectivity index (χ2v) is 8.13. The summed E-state index contributed by atoms with van der Waals surface area (Å²) in [6.07, 6.45) is -4.61. The highest BCUT2D eigenvalue weighted by Gasteiger charge is 2.46. The highest BCUT2D eigenvalue weighted by molar-refractivity contribution is 5.93. The molecule has 4 atom stereocenters. The Balaban J connectivity index is 2.09. The summed E-state index contributed by atoms with van der Waals surface area (Å²) >= 11 is 0. The number of cyclic esters (lactones) is 1. The van der Waals surface area contributed by atoms with Crippen molar-refractivity contribution in [2.75, 3.05) is 12.0 Å². The maximum absolute atomic E-state index is 12.3. The standard InChI is InChI=1S/C25H28N6O7/c1-15(32)27-21(23(37-17(3)34)22-20(36-16(2)33)14-26-25(35)38-22)24(30-28-18-10-6-4-7-11-18)31-29-19-12-8-5-9-13-19/h4-13,20-23,28H,14H2,1-3H3,(H,26,35)(H,27,32)/b30-24-,31-29?/t20-,21-,22+,23-/m1/s1. The Labute approximate surface area is 218 Å². The molecule has 0 aromatic heterocycles. The number of rotatable bonds is 9. The van der Waals surface area contributed by atoms with Gasteiger partial charge >= 0.3 is 18.0 Å². The Kier molecular flexibility index (Phi) is 9.86. The van der Waals surface area contributed by atoms with Crippen LogP contribution in [-0.4, -0.2) is 60.7 Å². The van der Waals surface area contributed by atoms with Crippen molar-refractivity contribution in [1.82, 2.24) is 10.6 Å². The average Bonchev–Trinajstić information content (AvgIpc) is 2.88. The summed E-state index contributed by atoms with van der Waals surface area (Å²) in [5, 5.41) is 17.8. The molecule has 2 aromatic carbocycles. The first-order valence-corrected chi connectivity index (χ1v) is 11.6. The van der Waals surface area contributed by atoms with Crippen molar-refractivity contribution >= 4 is 41.1 Å². The maximum atomic E-state index is 12.3. The highest BCUT2D eigenvalue weighted by atomic mass is 16.6. The van der Waals surface area contributed by atoms with E-state index in [1.165, 1.54) is 13.8 Å². The SMILES string of the molecule is CC(=O)N[C@@H](/C(N=Nc1ccccc1)=N/Nc1ccccc1)[C@@H](OC(C)=O)[C@H]1OC(=O)NC[C@H]1OC(C)=O. The minimum Gasteiger partial charge on any atom is -0.457 e. The number of azo groups is 1. The molecular weight excluding hydrogens is 496 g/mol. The van der Waals surface area contributed by atoms with Gasteiger partial charge in [-0.3, -0.25) is 19.8 Å². The molecule has 1 aliphatic heterocycles. The van der Waals surface area contributed by atoms with Crippen LogP contribution in [0.5, 0.6) is 0 Å². The molecule has 200 valence electrons. The fraction of sp³-hybridized carbons (Fsp3) is 0.320. The largest absolute Gasteiger partial charge is 0.457 e. The normalized spacial score (nSPS) is 18.9. The summed E-state index contributed by atoms with van der Waals surface area (Å²) < 4.78 is 16.3. The molecule has 0 aliphatic carbocycles. The summed E-state index contributed by atoms with van der Waals surface area (Å²) in [5.41, 5.74) is 3.91. The van der Waals surface area contributed by atoms with Gasteiger partial charge in [0.15, 0.2) is 24.1 Å². The van der Waals surface area contributed by atoms with E-state index in [4.69, 9.17) is 14.2 Å². The van der Waals surface area contributed by atoms with Crippen molar-refractivity contribution in [2.45, 2.75) is 45.1 Å². The van der Waals surface area contributed by atoms with Crippen LogP contribution in [0.3, 0.4) is 0 Å². The van der Waals surface area contributed by atoms with Crippen LogP contribution in [0.15, 0.2) is 76.0 Å². The van der Waals surface area contributed by atoms with Gasteiger partial charge in [0.05, 0.1) is 17.9 Å². The molecule has 0 radical (unpaired) electrons. The third-order valence-corrected chi connectivity index (χ3v) is 5.06. The molecule has 0 spiro atoms. The minimum absolute atomic E-state index is 0.115. The molecule has 13 heteroatoms. The predicted molar refractivity (Wildman–Crippen MR) is 135 cm³/mol. The molecule has 2 amide bonds. The van der Waals surface area contributed by atoms with Gasteiger partial charge in [-0.1, -0.05) is 36.4 Å². The Morgan fingerprint density at radius 3 is 2.26 bits per heavy atom. The van der Waals surface area contributed by atoms with Crippen molar-refractivity contribution in [3.8, 4) is 0 Å². The number of carbonyl (C=O) groups excluding carboxylic acids is 4. The van der Waals surface area contributed by atoms with Crippen molar-refractivity contribution in [3.05, 3.63) is 60.7 Å². The number of hydrazone groups is 1. The summed E-state index contributed by atoms with van der Waals surface area (Å²) in [4.78, 5) is 48.4. The number of amidine groups is 1. The van der Waals surface area contributed by atoms with Crippen LogP contribution in [0.25, 0.3) is 0 Å². The molecule has 13 nitrogen and oxygen atoms in total. The Morgan fingerprint density at radius 2 is 1.66 bits per heavy atom. The van der Waals surface area contributed by atoms with E-state index in [2.05, 4.69) is 31.4 Å². The summed E-state index contributed by atoms with van der Waals surface area (Å²) in [5.74, 6) is -2.05. The number of alkyl carbamates (subject to hydrolysis) is 1. The van der Waals surface area contributed by atoms with Gasteiger partial charge in [0.2, 0.25) is 5.91 Å². The summed E-state index contributed by atoms with van der Waals surface area (Å²) in [6, 6.07) is 16.3. The molecule has 1 fully saturated rings. The molecular formula is C25H28N6O7. The number of carbonyl (C=O) groups is 4. The lowest BCUT2D eigenvalue weighted by Gasteiger charge is -2.38. The average molecular weight is 525 g/mol. The summed E-state index contributed by atoms with van der Waals surface area (Å²) in [7, 11) is 0. The van der Waals surface area contributed by atoms with Gasteiger partial charge in [0, 0.05) is 20.8 Å². The van der Waals surface area contributed by atoms with Crippen molar-refractivity contribution < 1.29 is 33.4 Å². The Bertz CT molecular complexity index is 1190. The van der Waals surface area contributed by atoms with E-state index in [0.717, 1.165) is 6.92 Å². The first kappa shape index (κ1) is 27.8. The predicted octanol–water partition coefficient (Wildman–Crippen LogP) is 2.67. The van der Waals surface area contributed by atoms with Crippen LogP contribution >= 0.6 is 0 Å². The van der Waals surface area contributed by atoms with Gasteiger partial charge in [0.1, 0.15) is 6.04 Å². The Morgan fingerprint density at radius 1 is 1.00 bits per heavy atom. The first-order valence-electron chi connectivity index (χ1n) is 11.6. The third kappa shape index (κ3) is 8.40. The zero-order valence-corrected chi connectivity index (χ0v) is 21.0. The zero-order valence-electron chi connectivity index (χ0n) is 21.0. The van der Waals surface area contributed by atoms with Crippen LogP contribution in [0, 0.1) is 0 Å². The molecule has 0 unspecified atom stereocenters. The molecule has 3 rings (SSSR count). The topological polar surface area (TPSA) is 169 Å². The van der Waals surface area contributed by atoms with Crippen LogP contribution < -0.4 is 16.1 Å². The second kappa shape index (κ2) is 13.5. The van der Waals surface area contributed by atoms with Gasteiger partial charge in [-0.25, -0.2) is 4.79 Å². The molecule has 2 aromatic rings. The monoisotopic (exact) mass is 524 g/mol. The number of nitrogens with one attached hydrogen (secondary N) is 3. The second-order valence-electron chi connectivity index (χ2n) is 8.13. The highest BCUT2D eigenvalue weighted by Crippen LogP contribution is 2.22. The fourth-order valence-electron chi connectivity index (χ4n) is 3.56. The van der Waals surface area contributed by atoms with E-state index < -0.39 is 48.3 Å². The number of amides is 2. The van der Waals surface area contributed by atoms with E-state index in [1.807, 2.05) is 12.1 Å². The quantitative estimate of drug-likeness (QED) is 0.112. The molecule has 0 saturated carbocycles. The number of hydrogen-bond acceptors (Lipinski definition) is 10. The minimum atomic E-state index is -1.40. The van der Waals surface area contributed by atoms with E-state index in [1.54, 1.807) is 48.5 Å². The van der Waals surface area contributed by atoms with E-state index in [9.17, 15) is 19.2 Å². The van der Waals surface area contributed by atoms with Crippen LogP contribution in [0.1, 0.15) is 20.8 Å². The van der Waals surface area contributed by atoms with Crippen LogP contribution in [0.2, 0.25) is 0 Å². The Hall–Kier alpha value is -4.81. The van der Waals surface area contributed by atoms with Gasteiger partial charge < -0.3 is 24.8 Å². The molecule has 0 bridgehead atoms. The van der Waals surface area contributed by atoms with Crippen molar-refractivity contribution in [3.63, 3.8) is 0 Å². The molecule has 1 saturated heterocycles.